The summed E-state index contributed by atoms with van der Waals surface area (Å²) in [6.45, 7) is 4.35. The largest absolute Gasteiger partial charge is 0.490 e. The quantitative estimate of drug-likeness (QED) is 0.879. The average molecular weight is 291 g/mol. The number of benzene rings is 1. The number of carbonyl (C=O) groups is 1. The summed E-state index contributed by atoms with van der Waals surface area (Å²) in [5.41, 5.74) is 0.326. The molecule has 0 aliphatic rings. The topological polar surface area (TPSA) is 77.8 Å². The van der Waals surface area contributed by atoms with Gasteiger partial charge in [0.1, 0.15) is 6.54 Å². The Bertz CT molecular complexity index is 720. The number of carboxylic acids is 1. The minimum Gasteiger partial charge on any atom is -0.490 e. The van der Waals surface area contributed by atoms with Gasteiger partial charge in [0.2, 0.25) is 0 Å². The number of hydrogen-bond donors (Lipinski definition) is 1. The van der Waals surface area contributed by atoms with Crippen molar-refractivity contribution in [3.8, 4) is 11.5 Å². The Morgan fingerprint density at radius 1 is 1.19 bits per heavy atom. The Labute approximate surface area is 121 Å². The number of carboxylic acid groups (broad SMARTS) is 1. The number of hydrogen-bond acceptors (Lipinski definition) is 4. The van der Waals surface area contributed by atoms with E-state index in [1.807, 2.05) is 13.8 Å². The lowest BCUT2D eigenvalue weighted by molar-refractivity contribution is -0.137. The average Bonchev–Trinajstić information content (AvgIpc) is 2.43. The van der Waals surface area contributed by atoms with Gasteiger partial charge in [-0.2, -0.15) is 0 Å². The highest BCUT2D eigenvalue weighted by Gasteiger charge is 2.12. The van der Waals surface area contributed by atoms with Crippen LogP contribution in [0.4, 0.5) is 0 Å². The summed E-state index contributed by atoms with van der Waals surface area (Å²) in [6, 6.07) is 4.60. The van der Waals surface area contributed by atoms with E-state index in [4.69, 9.17) is 14.6 Å². The van der Waals surface area contributed by atoms with E-state index < -0.39 is 5.97 Å². The van der Waals surface area contributed by atoms with Crippen molar-refractivity contribution < 1.29 is 19.4 Å². The third-order valence-electron chi connectivity index (χ3n) is 2.95. The van der Waals surface area contributed by atoms with Gasteiger partial charge in [-0.1, -0.05) is 0 Å². The van der Waals surface area contributed by atoms with Gasteiger partial charge in [0.15, 0.2) is 16.9 Å². The fourth-order valence-electron chi connectivity index (χ4n) is 2.13. The number of nitrogens with zero attached hydrogens (tertiary/aromatic N) is 1. The zero-order valence-corrected chi connectivity index (χ0v) is 12.0. The third kappa shape index (κ3) is 3.16. The SMILES string of the molecule is CCOc1cc2c(=O)ccn(CC(=O)O)c2cc1OCC. The van der Waals surface area contributed by atoms with E-state index in [2.05, 4.69) is 0 Å². The van der Waals surface area contributed by atoms with Crippen LogP contribution < -0.4 is 14.9 Å². The summed E-state index contributed by atoms with van der Waals surface area (Å²) < 4.78 is 12.5. The van der Waals surface area contributed by atoms with Gasteiger partial charge in [-0.05, 0) is 19.9 Å². The Balaban J connectivity index is 2.69. The van der Waals surface area contributed by atoms with Crippen LogP contribution in [-0.4, -0.2) is 28.9 Å². The van der Waals surface area contributed by atoms with Crippen molar-refractivity contribution in [3.63, 3.8) is 0 Å². The molecule has 1 N–H and O–H groups in total. The Morgan fingerprint density at radius 3 is 2.38 bits per heavy atom. The second-order valence-corrected chi connectivity index (χ2v) is 4.38. The summed E-state index contributed by atoms with van der Waals surface area (Å²) in [6.07, 6.45) is 1.47. The summed E-state index contributed by atoms with van der Waals surface area (Å²) in [4.78, 5) is 22.9. The van der Waals surface area contributed by atoms with Gasteiger partial charge in [-0.3, -0.25) is 9.59 Å². The first-order valence-corrected chi connectivity index (χ1v) is 6.71. The van der Waals surface area contributed by atoms with E-state index in [1.54, 1.807) is 12.1 Å². The third-order valence-corrected chi connectivity index (χ3v) is 2.95. The molecule has 112 valence electrons. The molecule has 0 radical (unpaired) electrons. The van der Waals surface area contributed by atoms with Gasteiger partial charge in [0.25, 0.3) is 0 Å². The van der Waals surface area contributed by atoms with Crippen LogP contribution in [0.3, 0.4) is 0 Å². The van der Waals surface area contributed by atoms with Gasteiger partial charge >= 0.3 is 5.97 Å². The predicted molar refractivity (Wildman–Crippen MR) is 78.2 cm³/mol. The maximum atomic E-state index is 12.0. The number of aromatic nitrogens is 1. The van der Waals surface area contributed by atoms with Crippen molar-refractivity contribution >= 4 is 16.9 Å². The van der Waals surface area contributed by atoms with Crippen LogP contribution in [0.15, 0.2) is 29.2 Å². The molecule has 0 bridgehead atoms. The first-order valence-electron chi connectivity index (χ1n) is 6.71. The van der Waals surface area contributed by atoms with Gasteiger partial charge in [-0.25, -0.2) is 0 Å². The van der Waals surface area contributed by atoms with Crippen LogP contribution in [-0.2, 0) is 11.3 Å². The molecule has 0 atom stereocenters. The normalized spacial score (nSPS) is 10.6. The fraction of sp³-hybridized carbons (Fsp3) is 0.333. The molecule has 0 spiro atoms. The lowest BCUT2D eigenvalue weighted by Gasteiger charge is -2.14. The highest BCUT2D eigenvalue weighted by Crippen LogP contribution is 2.31. The first kappa shape index (κ1) is 14.9. The highest BCUT2D eigenvalue weighted by molar-refractivity contribution is 5.84. The molecular formula is C15H17NO5. The maximum Gasteiger partial charge on any atom is 0.323 e. The highest BCUT2D eigenvalue weighted by atomic mass is 16.5. The molecule has 2 aromatic rings. The smallest absolute Gasteiger partial charge is 0.323 e. The Hall–Kier alpha value is -2.50. The van der Waals surface area contributed by atoms with Crippen molar-refractivity contribution in [1.29, 1.82) is 0 Å². The fourth-order valence-corrected chi connectivity index (χ4v) is 2.13. The minimum absolute atomic E-state index is 0.185. The standard InChI is InChI=1S/C15H17NO5/c1-3-20-13-7-10-11(8-14(13)21-4-2)16(9-15(18)19)6-5-12(10)17/h5-8H,3-4,9H2,1-2H3,(H,18,19). The molecule has 0 aliphatic heterocycles. The molecule has 1 aromatic heterocycles. The first-order chi connectivity index (χ1) is 10.1. The molecule has 0 fully saturated rings. The maximum absolute atomic E-state index is 12.0. The molecule has 2 rings (SSSR count). The van der Waals surface area contributed by atoms with Crippen molar-refractivity contribution in [2.45, 2.75) is 20.4 Å². The second-order valence-electron chi connectivity index (χ2n) is 4.38. The number of pyridine rings is 1. The van der Waals surface area contributed by atoms with Gasteiger partial charge < -0.3 is 19.1 Å². The van der Waals surface area contributed by atoms with Crippen LogP contribution in [0.25, 0.3) is 10.9 Å². The van der Waals surface area contributed by atoms with Crippen molar-refractivity contribution in [3.05, 3.63) is 34.6 Å². The molecule has 1 heterocycles. The van der Waals surface area contributed by atoms with E-state index in [1.165, 1.54) is 16.8 Å². The van der Waals surface area contributed by atoms with Crippen LogP contribution in [0.5, 0.6) is 11.5 Å². The van der Waals surface area contributed by atoms with E-state index in [-0.39, 0.29) is 12.0 Å². The molecule has 0 amide bonds. The van der Waals surface area contributed by atoms with Gasteiger partial charge in [-0.15, -0.1) is 0 Å². The summed E-state index contributed by atoms with van der Waals surface area (Å²) >= 11 is 0. The molecular weight excluding hydrogens is 274 g/mol. The van der Waals surface area contributed by atoms with E-state index in [0.717, 1.165) is 0 Å². The van der Waals surface area contributed by atoms with Gasteiger partial charge in [0.05, 0.1) is 18.7 Å². The van der Waals surface area contributed by atoms with Crippen LogP contribution >= 0.6 is 0 Å². The molecule has 6 heteroatoms. The van der Waals surface area contributed by atoms with E-state index in [9.17, 15) is 9.59 Å². The monoisotopic (exact) mass is 291 g/mol. The zero-order chi connectivity index (χ0) is 15.4. The molecule has 0 saturated carbocycles. The van der Waals surface area contributed by atoms with Crippen LogP contribution in [0, 0.1) is 0 Å². The second kappa shape index (κ2) is 6.30. The zero-order valence-electron chi connectivity index (χ0n) is 12.0. The molecule has 6 nitrogen and oxygen atoms in total. The molecule has 0 saturated heterocycles. The van der Waals surface area contributed by atoms with E-state index in [0.29, 0.717) is 35.6 Å². The lowest BCUT2D eigenvalue weighted by Crippen LogP contribution is -2.14. The number of ether oxygens (including phenoxy) is 2. The molecule has 0 aliphatic carbocycles. The van der Waals surface area contributed by atoms with Gasteiger partial charge in [0, 0.05) is 23.7 Å². The lowest BCUT2D eigenvalue weighted by atomic mass is 10.1. The Kier molecular flexibility index (Phi) is 4.47. The molecule has 1 aromatic carbocycles. The van der Waals surface area contributed by atoms with Crippen molar-refractivity contribution in [2.24, 2.45) is 0 Å². The molecule has 0 unspecified atom stereocenters. The van der Waals surface area contributed by atoms with Crippen molar-refractivity contribution in [1.82, 2.24) is 4.57 Å². The summed E-state index contributed by atoms with van der Waals surface area (Å²) in [5, 5.41) is 9.36. The van der Waals surface area contributed by atoms with E-state index >= 15 is 0 Å². The number of aliphatic carboxylic acids is 1. The predicted octanol–water partition coefficient (Wildman–Crippen LogP) is 1.88. The van der Waals surface area contributed by atoms with Crippen molar-refractivity contribution in [2.75, 3.05) is 13.2 Å². The van der Waals surface area contributed by atoms with Crippen LogP contribution in [0.1, 0.15) is 13.8 Å². The molecule has 21 heavy (non-hydrogen) atoms. The minimum atomic E-state index is -0.980. The Morgan fingerprint density at radius 2 is 1.81 bits per heavy atom. The number of fused-ring (bicyclic) bond motifs is 1. The summed E-state index contributed by atoms with van der Waals surface area (Å²) in [5.74, 6) is 0.000377. The summed E-state index contributed by atoms with van der Waals surface area (Å²) in [7, 11) is 0. The van der Waals surface area contributed by atoms with Crippen LogP contribution in [0.2, 0.25) is 0 Å². The number of rotatable bonds is 6.